The fourth-order valence-electron chi connectivity index (χ4n) is 2.85. The van der Waals surface area contributed by atoms with Gasteiger partial charge in [0.25, 0.3) is 0 Å². The molecule has 0 spiro atoms. The second-order valence-electron chi connectivity index (χ2n) is 6.07. The van der Waals surface area contributed by atoms with Crippen LogP contribution in [0.5, 0.6) is 28.7 Å². The van der Waals surface area contributed by atoms with Gasteiger partial charge in [0.1, 0.15) is 6.33 Å². The first kappa shape index (κ1) is 21.0. The number of hydrogen-bond donors (Lipinski definition) is 3. The minimum atomic E-state index is -0.227. The van der Waals surface area contributed by atoms with Gasteiger partial charge in [-0.2, -0.15) is 5.10 Å². The number of phenolic OH excluding ortho intramolecular Hbond substituents is 2. The Labute approximate surface area is 174 Å². The average molecular weight is 412 g/mol. The smallest absolute Gasteiger partial charge is 0.204 e. The lowest BCUT2D eigenvalue weighted by molar-refractivity contribution is 0.263. The number of hydrogen-bond acceptors (Lipinski definition) is 9. The average Bonchev–Trinajstić information content (AvgIpc) is 2.73. The highest BCUT2D eigenvalue weighted by atomic mass is 16.5. The number of fused-ring (bicyclic) bond motifs is 1. The molecular formula is C21H24N4O5. The van der Waals surface area contributed by atoms with Crippen molar-refractivity contribution in [1.29, 1.82) is 0 Å². The lowest BCUT2D eigenvalue weighted by Crippen LogP contribution is -2.05. The highest BCUT2D eigenvalue weighted by Crippen LogP contribution is 2.45. The molecule has 0 fully saturated rings. The van der Waals surface area contributed by atoms with Gasteiger partial charge >= 0.3 is 0 Å². The Kier molecular flexibility index (Phi) is 6.74. The normalized spacial score (nSPS) is 11.0. The van der Waals surface area contributed by atoms with Gasteiger partial charge in [0.2, 0.25) is 5.75 Å². The summed E-state index contributed by atoms with van der Waals surface area (Å²) in [5.74, 6) is 1.50. The van der Waals surface area contributed by atoms with Gasteiger partial charge in [-0.15, -0.1) is 0 Å². The van der Waals surface area contributed by atoms with Crippen LogP contribution in [0.15, 0.2) is 35.7 Å². The predicted molar refractivity (Wildman–Crippen MR) is 114 cm³/mol. The van der Waals surface area contributed by atoms with Crippen molar-refractivity contribution in [1.82, 2.24) is 9.97 Å². The fourth-order valence-corrected chi connectivity index (χ4v) is 2.85. The van der Waals surface area contributed by atoms with Crippen LogP contribution in [0.3, 0.4) is 0 Å². The van der Waals surface area contributed by atoms with Crippen molar-refractivity contribution in [3.63, 3.8) is 0 Å². The Bertz CT molecular complexity index is 1060. The van der Waals surface area contributed by atoms with E-state index in [1.165, 1.54) is 24.7 Å². The molecule has 2 aromatic carbocycles. The quantitative estimate of drug-likeness (QED) is 0.277. The van der Waals surface area contributed by atoms with Crippen LogP contribution in [-0.2, 0) is 0 Å². The number of benzene rings is 2. The van der Waals surface area contributed by atoms with Gasteiger partial charge in [0.05, 0.1) is 36.9 Å². The summed E-state index contributed by atoms with van der Waals surface area (Å²) in [6.07, 6.45) is 2.91. The first-order valence-electron chi connectivity index (χ1n) is 9.60. The maximum absolute atomic E-state index is 9.61. The molecule has 3 aromatic rings. The van der Waals surface area contributed by atoms with Crippen molar-refractivity contribution in [2.45, 2.75) is 20.8 Å². The minimum Gasteiger partial charge on any atom is -0.504 e. The molecule has 0 amide bonds. The largest absolute Gasteiger partial charge is 0.504 e. The van der Waals surface area contributed by atoms with Gasteiger partial charge in [0, 0.05) is 6.07 Å². The monoisotopic (exact) mass is 412 g/mol. The van der Waals surface area contributed by atoms with Crippen LogP contribution in [0.1, 0.15) is 26.3 Å². The molecule has 0 unspecified atom stereocenters. The van der Waals surface area contributed by atoms with Crippen molar-refractivity contribution >= 4 is 22.9 Å². The molecule has 0 saturated carbocycles. The molecule has 9 heteroatoms. The topological polar surface area (TPSA) is 118 Å². The molecule has 3 N–H and O–H groups in total. The zero-order valence-electron chi connectivity index (χ0n) is 17.0. The zero-order chi connectivity index (χ0) is 21.5. The van der Waals surface area contributed by atoms with Gasteiger partial charge in [-0.3, -0.25) is 5.43 Å². The van der Waals surface area contributed by atoms with Crippen LogP contribution < -0.4 is 19.6 Å². The second-order valence-corrected chi connectivity index (χ2v) is 6.07. The molecule has 0 saturated heterocycles. The number of phenols is 2. The van der Waals surface area contributed by atoms with E-state index in [1.807, 2.05) is 20.8 Å². The number of aromatic nitrogens is 2. The number of nitrogens with zero attached hydrogens (tertiary/aromatic N) is 3. The molecule has 30 heavy (non-hydrogen) atoms. The van der Waals surface area contributed by atoms with Gasteiger partial charge in [0.15, 0.2) is 28.8 Å². The Balaban J connectivity index is 2.04. The molecule has 0 bridgehead atoms. The molecule has 3 rings (SSSR count). The third-order valence-electron chi connectivity index (χ3n) is 4.06. The minimum absolute atomic E-state index is 0.197. The van der Waals surface area contributed by atoms with E-state index < -0.39 is 0 Å². The van der Waals surface area contributed by atoms with Crippen molar-refractivity contribution in [3.8, 4) is 28.7 Å². The van der Waals surface area contributed by atoms with Crippen LogP contribution in [0.25, 0.3) is 10.9 Å². The van der Waals surface area contributed by atoms with Gasteiger partial charge in [-0.05, 0) is 44.5 Å². The first-order valence-corrected chi connectivity index (χ1v) is 9.60. The summed E-state index contributed by atoms with van der Waals surface area (Å²) in [5.41, 5.74) is 4.09. The zero-order valence-corrected chi connectivity index (χ0v) is 17.0. The maximum Gasteiger partial charge on any atom is 0.204 e. The van der Waals surface area contributed by atoms with E-state index in [0.717, 1.165) is 0 Å². The Morgan fingerprint density at radius 1 is 0.933 bits per heavy atom. The van der Waals surface area contributed by atoms with Crippen molar-refractivity contribution < 1.29 is 24.4 Å². The third-order valence-corrected chi connectivity index (χ3v) is 4.06. The van der Waals surface area contributed by atoms with E-state index in [4.69, 9.17) is 14.2 Å². The van der Waals surface area contributed by atoms with E-state index in [0.29, 0.717) is 59.4 Å². The van der Waals surface area contributed by atoms with Crippen LogP contribution in [0.2, 0.25) is 0 Å². The summed E-state index contributed by atoms with van der Waals surface area (Å²) in [6, 6.07) is 6.17. The second kappa shape index (κ2) is 9.64. The fraction of sp³-hybridized carbons (Fsp3) is 0.286. The SMILES string of the molecule is CCOc1cc2ncnc(N/N=C/c3ccc(O)c(O)c3)c2c(OCC)c1OCC. The molecule has 0 aliphatic carbocycles. The van der Waals surface area contributed by atoms with Crippen LogP contribution in [-0.4, -0.2) is 46.2 Å². The van der Waals surface area contributed by atoms with Crippen molar-refractivity contribution in [2.75, 3.05) is 25.2 Å². The van der Waals surface area contributed by atoms with E-state index >= 15 is 0 Å². The lowest BCUT2D eigenvalue weighted by Gasteiger charge is -2.18. The van der Waals surface area contributed by atoms with Crippen molar-refractivity contribution in [2.24, 2.45) is 5.10 Å². The van der Waals surface area contributed by atoms with Crippen LogP contribution in [0.4, 0.5) is 5.82 Å². The van der Waals surface area contributed by atoms with Crippen molar-refractivity contribution in [3.05, 3.63) is 36.2 Å². The highest BCUT2D eigenvalue weighted by Gasteiger charge is 2.21. The van der Waals surface area contributed by atoms with E-state index in [1.54, 1.807) is 12.1 Å². The molecule has 0 atom stereocenters. The summed E-state index contributed by atoms with van der Waals surface area (Å²) in [6.45, 7) is 6.97. The molecule has 0 aliphatic heterocycles. The van der Waals surface area contributed by atoms with E-state index in [2.05, 4.69) is 20.5 Å². The molecule has 0 aliphatic rings. The Hall–Kier alpha value is -3.75. The molecule has 1 heterocycles. The third kappa shape index (κ3) is 4.45. The summed E-state index contributed by atoms with van der Waals surface area (Å²) in [5, 5.41) is 23.8. The lowest BCUT2D eigenvalue weighted by atomic mass is 10.1. The summed E-state index contributed by atoms with van der Waals surface area (Å²) in [4.78, 5) is 8.62. The molecule has 9 nitrogen and oxygen atoms in total. The van der Waals surface area contributed by atoms with Crippen LogP contribution in [0, 0.1) is 0 Å². The van der Waals surface area contributed by atoms with Gasteiger partial charge < -0.3 is 24.4 Å². The standard InChI is InChI=1S/C21H24N4O5/c1-4-28-17-10-14-18(20(30-6-3)19(17)29-5-2)21(23-12-22-14)25-24-11-13-7-8-15(26)16(27)9-13/h7-12,26-27H,4-6H2,1-3H3,(H,22,23,25)/b24-11+. The molecule has 1 aromatic heterocycles. The number of aromatic hydroxyl groups is 2. The first-order chi connectivity index (χ1) is 14.6. The van der Waals surface area contributed by atoms with E-state index in [9.17, 15) is 10.2 Å². The summed E-state index contributed by atoms with van der Waals surface area (Å²) in [7, 11) is 0. The van der Waals surface area contributed by atoms with Gasteiger partial charge in [-0.25, -0.2) is 9.97 Å². The summed E-state index contributed by atoms with van der Waals surface area (Å²) < 4.78 is 17.4. The number of nitrogens with one attached hydrogen (secondary N) is 1. The highest BCUT2D eigenvalue weighted by molar-refractivity contribution is 5.98. The molecule has 158 valence electrons. The van der Waals surface area contributed by atoms with E-state index in [-0.39, 0.29) is 11.5 Å². The number of ether oxygens (including phenoxy) is 3. The number of hydrazone groups is 1. The Morgan fingerprint density at radius 2 is 1.67 bits per heavy atom. The summed E-state index contributed by atoms with van der Waals surface area (Å²) >= 11 is 0. The predicted octanol–water partition coefficient (Wildman–Crippen LogP) is 3.68. The van der Waals surface area contributed by atoms with Crippen LogP contribution >= 0.6 is 0 Å². The molecular weight excluding hydrogens is 388 g/mol. The number of rotatable bonds is 9. The number of anilines is 1. The van der Waals surface area contributed by atoms with Gasteiger partial charge in [-0.1, -0.05) is 0 Å². The Morgan fingerprint density at radius 3 is 2.37 bits per heavy atom. The molecule has 0 radical (unpaired) electrons. The maximum atomic E-state index is 9.61.